The highest BCUT2D eigenvalue weighted by molar-refractivity contribution is 7.92. The fraction of sp³-hybridized carbons (Fsp3) is 0.316. The topological polar surface area (TPSA) is 105 Å². The third kappa shape index (κ3) is 9.16. The number of amides is 2. The molecular weight excluding hydrogens is 627 g/mol. The predicted molar refractivity (Wildman–Crippen MR) is 189 cm³/mol. The number of methoxy groups -OCH3 is 2. The summed E-state index contributed by atoms with van der Waals surface area (Å²) in [6.07, 6.45) is 0.245. The summed E-state index contributed by atoms with van der Waals surface area (Å²) in [5.41, 5.74) is 3.93. The Labute approximate surface area is 284 Å². The number of hydrogen-bond donors (Lipinski definition) is 1. The molecule has 0 aromatic heterocycles. The number of nitrogens with one attached hydrogen (secondary N) is 1. The van der Waals surface area contributed by atoms with Crippen LogP contribution in [-0.2, 0) is 32.6 Å². The van der Waals surface area contributed by atoms with E-state index in [1.807, 2.05) is 82.3 Å². The summed E-state index contributed by atoms with van der Waals surface area (Å²) in [7, 11) is -1.42. The zero-order valence-corrected chi connectivity index (χ0v) is 29.3. The Morgan fingerprint density at radius 3 is 2.06 bits per heavy atom. The predicted octanol–water partition coefficient (Wildman–Crippen LogP) is 5.93. The molecule has 1 atom stereocenters. The molecule has 1 N–H and O–H groups in total. The van der Waals surface area contributed by atoms with Crippen LogP contribution >= 0.6 is 0 Å². The molecular formula is C38H45N3O6S. The molecule has 4 rings (SSSR count). The van der Waals surface area contributed by atoms with Crippen molar-refractivity contribution in [2.75, 3.05) is 31.6 Å². The Hall–Kier alpha value is -4.83. The van der Waals surface area contributed by atoms with Gasteiger partial charge in [0.15, 0.2) is 11.5 Å². The highest BCUT2D eigenvalue weighted by Gasteiger charge is 2.35. The minimum Gasteiger partial charge on any atom is -0.493 e. The summed E-state index contributed by atoms with van der Waals surface area (Å²) < 4.78 is 40.6. The average Bonchev–Trinajstić information content (AvgIpc) is 3.08. The molecule has 0 bridgehead atoms. The summed E-state index contributed by atoms with van der Waals surface area (Å²) in [6, 6.07) is 27.5. The minimum atomic E-state index is -4.31. The number of carbonyl (C=O) groups excluding carboxylic acids is 2. The molecule has 0 unspecified atom stereocenters. The number of hydrogen-bond acceptors (Lipinski definition) is 6. The van der Waals surface area contributed by atoms with E-state index in [-0.39, 0.29) is 35.4 Å². The molecule has 0 heterocycles. The Kier molecular flexibility index (Phi) is 12.2. The van der Waals surface area contributed by atoms with Gasteiger partial charge in [-0.25, -0.2) is 8.42 Å². The molecule has 10 heteroatoms. The SMILES string of the molecule is COc1ccc(S(=O)(=O)N(CC(=O)N(Cc2cccc(C)c2)[C@@H](Cc2ccccc2)C(=O)NCC(C)C)c2ccc(C)cc2)cc1OC. The van der Waals surface area contributed by atoms with Crippen molar-refractivity contribution in [1.82, 2.24) is 10.2 Å². The normalized spacial score (nSPS) is 11.9. The lowest BCUT2D eigenvalue weighted by Crippen LogP contribution is -2.53. The summed E-state index contributed by atoms with van der Waals surface area (Å²) >= 11 is 0. The van der Waals surface area contributed by atoms with Gasteiger partial charge in [0.2, 0.25) is 11.8 Å². The van der Waals surface area contributed by atoms with Gasteiger partial charge >= 0.3 is 0 Å². The van der Waals surface area contributed by atoms with Crippen LogP contribution < -0.4 is 19.1 Å². The van der Waals surface area contributed by atoms with Crippen molar-refractivity contribution in [3.8, 4) is 11.5 Å². The van der Waals surface area contributed by atoms with Gasteiger partial charge in [0.1, 0.15) is 12.6 Å². The van der Waals surface area contributed by atoms with Gasteiger partial charge in [-0.3, -0.25) is 13.9 Å². The van der Waals surface area contributed by atoms with E-state index < -0.39 is 28.5 Å². The lowest BCUT2D eigenvalue weighted by Gasteiger charge is -2.34. The van der Waals surface area contributed by atoms with E-state index in [0.717, 1.165) is 26.6 Å². The molecule has 0 spiro atoms. The second-order valence-corrected chi connectivity index (χ2v) is 14.1. The van der Waals surface area contributed by atoms with Crippen LogP contribution in [0.1, 0.15) is 36.1 Å². The van der Waals surface area contributed by atoms with Gasteiger partial charge in [0.05, 0.1) is 24.8 Å². The molecule has 9 nitrogen and oxygen atoms in total. The molecule has 4 aromatic carbocycles. The van der Waals surface area contributed by atoms with Crippen LogP contribution in [0.5, 0.6) is 11.5 Å². The van der Waals surface area contributed by atoms with Crippen LogP contribution in [0.2, 0.25) is 0 Å². The first-order valence-electron chi connectivity index (χ1n) is 15.9. The second kappa shape index (κ2) is 16.3. The van der Waals surface area contributed by atoms with Crippen molar-refractivity contribution < 1.29 is 27.5 Å². The van der Waals surface area contributed by atoms with E-state index in [9.17, 15) is 18.0 Å². The number of ether oxygens (including phenoxy) is 2. The van der Waals surface area contributed by atoms with Crippen molar-refractivity contribution >= 4 is 27.5 Å². The lowest BCUT2D eigenvalue weighted by molar-refractivity contribution is -0.140. The smallest absolute Gasteiger partial charge is 0.264 e. The molecule has 0 aliphatic rings. The lowest BCUT2D eigenvalue weighted by atomic mass is 10.0. The molecule has 0 saturated heterocycles. The largest absolute Gasteiger partial charge is 0.493 e. The quantitative estimate of drug-likeness (QED) is 0.168. The first kappa shape index (κ1) is 36.0. The van der Waals surface area contributed by atoms with Gasteiger partial charge in [0, 0.05) is 25.6 Å². The van der Waals surface area contributed by atoms with Gasteiger partial charge < -0.3 is 19.7 Å². The number of sulfonamides is 1. The number of anilines is 1. The number of nitrogens with zero attached hydrogens (tertiary/aromatic N) is 2. The Bertz CT molecular complexity index is 1790. The Morgan fingerprint density at radius 1 is 0.771 bits per heavy atom. The van der Waals surface area contributed by atoms with Crippen LogP contribution in [0.4, 0.5) is 5.69 Å². The van der Waals surface area contributed by atoms with Gasteiger partial charge in [-0.05, 0) is 55.2 Å². The fourth-order valence-electron chi connectivity index (χ4n) is 5.33. The zero-order valence-electron chi connectivity index (χ0n) is 28.5. The van der Waals surface area contributed by atoms with Crippen LogP contribution in [0.3, 0.4) is 0 Å². The molecule has 48 heavy (non-hydrogen) atoms. The maximum Gasteiger partial charge on any atom is 0.264 e. The Morgan fingerprint density at radius 2 is 1.44 bits per heavy atom. The summed E-state index contributed by atoms with van der Waals surface area (Å²) in [5, 5.41) is 3.02. The number of carbonyl (C=O) groups is 2. The van der Waals surface area contributed by atoms with Crippen molar-refractivity contribution in [1.29, 1.82) is 0 Å². The Balaban J connectivity index is 1.82. The molecule has 0 radical (unpaired) electrons. The monoisotopic (exact) mass is 671 g/mol. The molecule has 0 aliphatic carbocycles. The van der Waals surface area contributed by atoms with Gasteiger partial charge in [-0.1, -0.05) is 91.7 Å². The third-order valence-corrected chi connectivity index (χ3v) is 9.70. The maximum absolute atomic E-state index is 14.7. The number of aryl methyl sites for hydroxylation is 2. The van der Waals surface area contributed by atoms with Crippen LogP contribution in [0.15, 0.2) is 102 Å². The summed E-state index contributed by atoms with van der Waals surface area (Å²) in [6.45, 7) is 7.84. The molecule has 0 fully saturated rings. The van der Waals surface area contributed by atoms with Crippen molar-refractivity contribution in [2.45, 2.75) is 51.6 Å². The molecule has 2 amide bonds. The van der Waals surface area contributed by atoms with Crippen LogP contribution in [0, 0.1) is 19.8 Å². The van der Waals surface area contributed by atoms with E-state index in [2.05, 4.69) is 5.32 Å². The van der Waals surface area contributed by atoms with E-state index in [1.54, 1.807) is 24.3 Å². The third-order valence-electron chi connectivity index (χ3n) is 7.93. The van der Waals surface area contributed by atoms with Crippen molar-refractivity contribution in [3.05, 3.63) is 119 Å². The number of rotatable bonds is 15. The van der Waals surface area contributed by atoms with E-state index in [0.29, 0.717) is 18.0 Å². The average molecular weight is 672 g/mol. The number of benzene rings is 4. The highest BCUT2D eigenvalue weighted by atomic mass is 32.2. The van der Waals surface area contributed by atoms with Crippen LogP contribution in [-0.4, -0.2) is 58.5 Å². The van der Waals surface area contributed by atoms with E-state index in [4.69, 9.17) is 9.47 Å². The first-order chi connectivity index (χ1) is 22.9. The molecule has 0 aliphatic heterocycles. The molecule has 4 aromatic rings. The molecule has 0 saturated carbocycles. The zero-order chi connectivity index (χ0) is 34.8. The van der Waals surface area contributed by atoms with Crippen molar-refractivity contribution in [2.24, 2.45) is 5.92 Å². The van der Waals surface area contributed by atoms with Crippen LogP contribution in [0.25, 0.3) is 0 Å². The second-order valence-electron chi connectivity index (χ2n) is 12.2. The fourth-order valence-corrected chi connectivity index (χ4v) is 6.76. The maximum atomic E-state index is 14.7. The van der Waals surface area contributed by atoms with Crippen molar-refractivity contribution in [3.63, 3.8) is 0 Å². The highest BCUT2D eigenvalue weighted by Crippen LogP contribution is 2.32. The van der Waals surface area contributed by atoms with Gasteiger partial charge in [-0.2, -0.15) is 0 Å². The summed E-state index contributed by atoms with van der Waals surface area (Å²) in [4.78, 5) is 30.0. The molecule has 254 valence electrons. The summed E-state index contributed by atoms with van der Waals surface area (Å²) in [5.74, 6) is -0.0367. The standard InChI is InChI=1S/C38H45N3O6S/c1-27(2)24-39-38(43)34(22-30-12-8-7-9-13-30)40(25-31-14-10-11-29(4)21-31)37(42)26-41(32-17-15-28(3)16-18-32)48(44,45)33-19-20-35(46-5)36(23-33)47-6/h7-21,23,27,34H,22,24-26H2,1-6H3,(H,39,43)/t34-/m0/s1. The van der Waals surface area contributed by atoms with E-state index in [1.165, 1.54) is 37.3 Å². The van der Waals surface area contributed by atoms with E-state index >= 15 is 0 Å². The first-order valence-corrected chi connectivity index (χ1v) is 17.3. The minimum absolute atomic E-state index is 0.0747. The van der Waals surface area contributed by atoms with Gasteiger partial charge in [0.25, 0.3) is 10.0 Å². The van der Waals surface area contributed by atoms with Gasteiger partial charge in [-0.15, -0.1) is 0 Å².